The van der Waals surface area contributed by atoms with Crippen molar-refractivity contribution in [1.82, 2.24) is 0 Å². The van der Waals surface area contributed by atoms with Gasteiger partial charge in [-0.3, -0.25) is 4.74 Å². The van der Waals surface area contributed by atoms with Crippen LogP contribution in [-0.2, 0) is 4.74 Å². The molecule has 0 N–H and O–H groups in total. The summed E-state index contributed by atoms with van der Waals surface area (Å²) in [7, 11) is 0. The van der Waals surface area contributed by atoms with Gasteiger partial charge in [-0.05, 0) is 0 Å². The standard InChI is InChI=1S/C10H4F18O/c11-3(12,7(17,18)19)1-5(15,9(23,24)25)29-6(16,10(26,27)28)2-4(13,14)8(20,21)22/h1-2H2. The number of hydrogen-bond acceptors (Lipinski definition) is 1. The van der Waals surface area contributed by atoms with E-state index in [-0.39, 0.29) is 0 Å². The lowest BCUT2D eigenvalue weighted by Gasteiger charge is -2.39. The van der Waals surface area contributed by atoms with Gasteiger partial charge in [-0.25, -0.2) is 8.78 Å². The highest BCUT2D eigenvalue weighted by atomic mass is 19.4. The smallest absolute Gasteiger partial charge is 0.293 e. The van der Waals surface area contributed by atoms with Crippen LogP contribution in [-0.4, -0.2) is 48.3 Å². The number of hydrogen-bond donors (Lipinski definition) is 0. The summed E-state index contributed by atoms with van der Waals surface area (Å²) in [6.45, 7) is 0. The molecule has 0 spiro atoms. The molecule has 29 heavy (non-hydrogen) atoms. The van der Waals surface area contributed by atoms with E-state index in [1.165, 1.54) is 0 Å². The summed E-state index contributed by atoms with van der Waals surface area (Å²) in [5, 5.41) is 0. The average Bonchev–Trinajstić information content (AvgIpc) is 2.30. The lowest BCUT2D eigenvalue weighted by Crippen LogP contribution is -2.60. The third-order valence-corrected chi connectivity index (χ3v) is 2.90. The Morgan fingerprint density at radius 2 is 0.552 bits per heavy atom. The molecule has 19 heteroatoms. The molecule has 0 aromatic heterocycles. The molecule has 0 aliphatic heterocycles. The van der Waals surface area contributed by atoms with Crippen molar-refractivity contribution < 1.29 is 83.8 Å². The van der Waals surface area contributed by atoms with Crippen molar-refractivity contribution in [3.8, 4) is 0 Å². The molecular weight excluding hydrogens is 478 g/mol. The quantitative estimate of drug-likeness (QED) is 0.386. The Bertz CT molecular complexity index is 515. The summed E-state index contributed by atoms with van der Waals surface area (Å²) in [5.74, 6) is -27.8. The lowest BCUT2D eigenvalue weighted by molar-refractivity contribution is -0.460. The second kappa shape index (κ2) is 7.14. The van der Waals surface area contributed by atoms with Gasteiger partial charge in [0.05, 0.1) is 12.8 Å². The van der Waals surface area contributed by atoms with E-state index >= 15 is 0 Å². The normalized spacial score (nSPS) is 19.7. The Labute approximate surface area is 146 Å². The maximum atomic E-state index is 13.6. The molecule has 0 saturated carbocycles. The van der Waals surface area contributed by atoms with Crippen LogP contribution in [0, 0.1) is 0 Å². The van der Waals surface area contributed by atoms with E-state index in [1.807, 2.05) is 4.74 Å². The van der Waals surface area contributed by atoms with Gasteiger partial charge in [0.1, 0.15) is 0 Å². The molecule has 0 radical (unpaired) electrons. The summed E-state index contributed by atoms with van der Waals surface area (Å²) in [6.07, 6.45) is -37.9. The third kappa shape index (κ3) is 5.87. The van der Waals surface area contributed by atoms with E-state index in [4.69, 9.17) is 0 Å². The Morgan fingerprint density at radius 1 is 0.345 bits per heavy atom. The van der Waals surface area contributed by atoms with Crippen molar-refractivity contribution in [2.45, 2.75) is 61.1 Å². The molecule has 0 aliphatic carbocycles. The monoisotopic (exact) mass is 482 g/mol. The topological polar surface area (TPSA) is 9.23 Å². The maximum Gasteiger partial charge on any atom is 0.453 e. The van der Waals surface area contributed by atoms with Crippen LogP contribution < -0.4 is 0 Å². The molecule has 1 nitrogen and oxygen atoms in total. The van der Waals surface area contributed by atoms with Gasteiger partial charge >= 0.3 is 48.3 Å². The molecule has 0 aliphatic rings. The van der Waals surface area contributed by atoms with Gasteiger partial charge in [-0.2, -0.15) is 70.2 Å². The minimum absolute atomic E-state index is 1.87. The number of rotatable bonds is 6. The highest BCUT2D eigenvalue weighted by Gasteiger charge is 2.76. The van der Waals surface area contributed by atoms with E-state index < -0.39 is 61.1 Å². The first-order valence-corrected chi connectivity index (χ1v) is 6.22. The number of ether oxygens (including phenoxy) is 1. The average molecular weight is 482 g/mol. The molecule has 176 valence electrons. The van der Waals surface area contributed by atoms with Crippen LogP contribution in [0.15, 0.2) is 0 Å². The molecule has 0 saturated heterocycles. The maximum absolute atomic E-state index is 13.6. The van der Waals surface area contributed by atoms with E-state index in [1.54, 1.807) is 0 Å². The first-order valence-electron chi connectivity index (χ1n) is 6.22. The first-order chi connectivity index (χ1) is 12.1. The Balaban J connectivity index is 6.41. The molecule has 0 aromatic carbocycles. The van der Waals surface area contributed by atoms with Crippen molar-refractivity contribution in [3.05, 3.63) is 0 Å². The molecule has 0 heterocycles. The fourth-order valence-corrected chi connectivity index (χ4v) is 1.42. The van der Waals surface area contributed by atoms with Crippen LogP contribution in [0.25, 0.3) is 0 Å². The summed E-state index contributed by atoms with van der Waals surface area (Å²) >= 11 is 0. The summed E-state index contributed by atoms with van der Waals surface area (Å²) < 4.78 is 226. The van der Waals surface area contributed by atoms with Gasteiger partial charge in [0.2, 0.25) is 0 Å². The summed E-state index contributed by atoms with van der Waals surface area (Å²) in [4.78, 5) is 0. The Morgan fingerprint density at radius 3 is 0.690 bits per heavy atom. The highest BCUT2D eigenvalue weighted by Crippen LogP contribution is 2.55. The molecule has 0 bridgehead atoms. The molecular formula is C10H4F18O. The van der Waals surface area contributed by atoms with Crippen LogP contribution in [0.4, 0.5) is 79.0 Å². The van der Waals surface area contributed by atoms with Crippen LogP contribution in [0.2, 0.25) is 0 Å². The zero-order chi connectivity index (χ0) is 24.1. The van der Waals surface area contributed by atoms with E-state index in [0.29, 0.717) is 0 Å². The zero-order valence-corrected chi connectivity index (χ0v) is 12.6. The summed E-state index contributed by atoms with van der Waals surface area (Å²) in [6, 6.07) is 0. The minimum Gasteiger partial charge on any atom is -0.293 e. The predicted molar refractivity (Wildman–Crippen MR) is 52.1 cm³/mol. The van der Waals surface area contributed by atoms with Crippen LogP contribution in [0.3, 0.4) is 0 Å². The largest absolute Gasteiger partial charge is 0.453 e. The van der Waals surface area contributed by atoms with Gasteiger partial charge in [0.15, 0.2) is 0 Å². The van der Waals surface area contributed by atoms with Crippen LogP contribution >= 0.6 is 0 Å². The molecule has 0 fully saturated rings. The molecule has 2 unspecified atom stereocenters. The van der Waals surface area contributed by atoms with Crippen molar-refractivity contribution in [1.29, 1.82) is 0 Å². The fraction of sp³-hybridized carbons (Fsp3) is 1.00. The fourth-order valence-electron chi connectivity index (χ4n) is 1.42. The number of halogens is 18. The summed E-state index contributed by atoms with van der Waals surface area (Å²) in [5.41, 5.74) is 0. The van der Waals surface area contributed by atoms with Gasteiger partial charge < -0.3 is 0 Å². The lowest BCUT2D eigenvalue weighted by atomic mass is 10.0. The Kier molecular flexibility index (Phi) is 6.82. The Hall–Kier alpha value is -1.30. The molecule has 2 atom stereocenters. The van der Waals surface area contributed by atoms with E-state index in [0.717, 1.165) is 0 Å². The SMILES string of the molecule is FC(F)(F)C(F)(F)CC(F)(OC(F)(CC(F)(F)C(F)(F)F)C(F)(F)F)C(F)(F)F. The van der Waals surface area contributed by atoms with E-state index in [9.17, 15) is 79.0 Å². The minimum atomic E-state index is -7.38. The van der Waals surface area contributed by atoms with Crippen molar-refractivity contribution in [2.75, 3.05) is 0 Å². The molecule has 0 rings (SSSR count). The van der Waals surface area contributed by atoms with Gasteiger partial charge in [-0.1, -0.05) is 0 Å². The van der Waals surface area contributed by atoms with Gasteiger partial charge in [0.25, 0.3) is 0 Å². The second-order valence-electron chi connectivity index (χ2n) is 5.31. The third-order valence-electron chi connectivity index (χ3n) is 2.90. The van der Waals surface area contributed by atoms with Crippen molar-refractivity contribution in [3.63, 3.8) is 0 Å². The zero-order valence-electron chi connectivity index (χ0n) is 12.6. The van der Waals surface area contributed by atoms with Crippen LogP contribution in [0.5, 0.6) is 0 Å². The molecule has 0 aromatic rings. The highest BCUT2D eigenvalue weighted by molar-refractivity contribution is 4.95. The van der Waals surface area contributed by atoms with Crippen LogP contribution in [0.1, 0.15) is 12.8 Å². The van der Waals surface area contributed by atoms with Crippen molar-refractivity contribution >= 4 is 0 Å². The van der Waals surface area contributed by atoms with Gasteiger partial charge in [-0.15, -0.1) is 0 Å². The first kappa shape index (κ1) is 27.7. The molecule has 0 amide bonds. The van der Waals surface area contributed by atoms with E-state index in [2.05, 4.69) is 0 Å². The van der Waals surface area contributed by atoms with Gasteiger partial charge in [0, 0.05) is 0 Å². The van der Waals surface area contributed by atoms with Crippen molar-refractivity contribution in [2.24, 2.45) is 0 Å². The number of alkyl halides is 18. The predicted octanol–water partition coefficient (Wildman–Crippen LogP) is 6.63. The second-order valence-corrected chi connectivity index (χ2v) is 5.31.